The largest absolute Gasteiger partial charge is 0.428 e. The van der Waals surface area contributed by atoms with Crippen LogP contribution in [0.3, 0.4) is 0 Å². The summed E-state index contributed by atoms with van der Waals surface area (Å²) in [6, 6.07) is 0.310. The molecule has 1 fully saturated rings. The van der Waals surface area contributed by atoms with Crippen molar-refractivity contribution in [1.29, 1.82) is 0 Å². The van der Waals surface area contributed by atoms with Crippen LogP contribution in [0.5, 0.6) is 0 Å². The number of hydrogen-bond acceptors (Lipinski definition) is 5. The van der Waals surface area contributed by atoms with Crippen molar-refractivity contribution in [2.24, 2.45) is 13.0 Å². The van der Waals surface area contributed by atoms with Crippen molar-refractivity contribution in [3.8, 4) is 0 Å². The number of aromatic nitrogens is 3. The number of urea groups is 1. The standard InChI is InChI=1S/C18H28N6O2/c1-12-13(2)26-17(20-12)21-18(25)23(4)10-14-7-6-8-22(3)16(14)15-9-19-24(5)11-15/h9,11,14,16H,6-8,10H2,1-5H3,(H,20,21,25)/t14-,16+/m0/s1. The van der Waals surface area contributed by atoms with Gasteiger partial charge >= 0.3 is 12.0 Å². The number of likely N-dealkylation sites (tertiary alicyclic amines) is 1. The van der Waals surface area contributed by atoms with E-state index < -0.39 is 0 Å². The minimum absolute atomic E-state index is 0.204. The molecule has 2 aromatic rings. The highest BCUT2D eigenvalue weighted by atomic mass is 16.4. The van der Waals surface area contributed by atoms with Crippen LogP contribution in [-0.2, 0) is 7.05 Å². The van der Waals surface area contributed by atoms with Crippen LogP contribution in [0.25, 0.3) is 0 Å². The quantitative estimate of drug-likeness (QED) is 0.906. The highest BCUT2D eigenvalue weighted by molar-refractivity contribution is 5.86. The molecule has 8 nitrogen and oxygen atoms in total. The van der Waals surface area contributed by atoms with E-state index in [2.05, 4.69) is 33.5 Å². The molecule has 0 unspecified atom stereocenters. The first-order valence-corrected chi connectivity index (χ1v) is 9.00. The van der Waals surface area contributed by atoms with Gasteiger partial charge in [0.2, 0.25) is 0 Å². The van der Waals surface area contributed by atoms with E-state index >= 15 is 0 Å². The topological polar surface area (TPSA) is 79.4 Å². The number of anilines is 1. The normalized spacial score (nSPS) is 21.0. The number of carbonyl (C=O) groups excluding carboxylic acids is 1. The molecule has 0 spiro atoms. The van der Waals surface area contributed by atoms with Gasteiger partial charge in [-0.25, -0.2) is 4.79 Å². The maximum Gasteiger partial charge on any atom is 0.325 e. The zero-order valence-electron chi connectivity index (χ0n) is 16.2. The Morgan fingerprint density at radius 2 is 2.19 bits per heavy atom. The van der Waals surface area contributed by atoms with Gasteiger partial charge in [0.25, 0.3) is 0 Å². The van der Waals surface area contributed by atoms with Gasteiger partial charge in [0.05, 0.1) is 11.9 Å². The Bertz CT molecular complexity index is 748. The minimum Gasteiger partial charge on any atom is -0.428 e. The van der Waals surface area contributed by atoms with Gasteiger partial charge in [0.15, 0.2) is 0 Å². The molecular formula is C18H28N6O2. The Labute approximate surface area is 154 Å². The van der Waals surface area contributed by atoms with Crippen LogP contribution in [0.1, 0.15) is 35.9 Å². The van der Waals surface area contributed by atoms with Gasteiger partial charge in [-0.05, 0) is 46.2 Å². The van der Waals surface area contributed by atoms with Crippen molar-refractivity contribution < 1.29 is 9.21 Å². The van der Waals surface area contributed by atoms with Gasteiger partial charge < -0.3 is 9.32 Å². The summed E-state index contributed by atoms with van der Waals surface area (Å²) in [6.45, 7) is 5.40. The summed E-state index contributed by atoms with van der Waals surface area (Å²) in [7, 11) is 5.89. The average molecular weight is 360 g/mol. The number of piperidine rings is 1. The van der Waals surface area contributed by atoms with E-state index in [0.717, 1.165) is 25.1 Å². The Morgan fingerprint density at radius 3 is 2.81 bits per heavy atom. The summed E-state index contributed by atoms with van der Waals surface area (Å²) in [4.78, 5) is 20.8. The van der Waals surface area contributed by atoms with Gasteiger partial charge in [0, 0.05) is 38.4 Å². The highest BCUT2D eigenvalue weighted by Gasteiger charge is 2.33. The van der Waals surface area contributed by atoms with E-state index in [-0.39, 0.29) is 18.1 Å². The van der Waals surface area contributed by atoms with Crippen molar-refractivity contribution in [3.05, 3.63) is 29.4 Å². The predicted molar refractivity (Wildman–Crippen MR) is 98.9 cm³/mol. The Kier molecular flexibility index (Phi) is 5.31. The molecule has 142 valence electrons. The zero-order chi connectivity index (χ0) is 18.8. The summed E-state index contributed by atoms with van der Waals surface area (Å²) >= 11 is 0. The fourth-order valence-corrected chi connectivity index (χ4v) is 3.72. The van der Waals surface area contributed by atoms with Crippen LogP contribution in [0, 0.1) is 19.8 Å². The molecule has 0 aromatic carbocycles. The second kappa shape index (κ2) is 7.49. The molecule has 2 amide bonds. The summed E-state index contributed by atoms with van der Waals surface area (Å²) in [5.41, 5.74) is 1.99. The van der Waals surface area contributed by atoms with E-state index in [1.807, 2.05) is 38.8 Å². The van der Waals surface area contributed by atoms with Crippen molar-refractivity contribution in [2.45, 2.75) is 32.7 Å². The molecule has 26 heavy (non-hydrogen) atoms. The molecular weight excluding hydrogens is 332 g/mol. The fourth-order valence-electron chi connectivity index (χ4n) is 3.72. The van der Waals surface area contributed by atoms with E-state index in [0.29, 0.717) is 18.2 Å². The molecule has 1 aliphatic heterocycles. The lowest BCUT2D eigenvalue weighted by Crippen LogP contribution is -2.43. The highest BCUT2D eigenvalue weighted by Crippen LogP contribution is 2.35. The third kappa shape index (κ3) is 3.90. The zero-order valence-corrected chi connectivity index (χ0v) is 16.2. The number of nitrogens with one attached hydrogen (secondary N) is 1. The van der Waals surface area contributed by atoms with E-state index in [9.17, 15) is 4.79 Å². The Balaban J connectivity index is 1.67. The monoisotopic (exact) mass is 360 g/mol. The van der Waals surface area contributed by atoms with Gasteiger partial charge in [-0.1, -0.05) is 0 Å². The van der Waals surface area contributed by atoms with Gasteiger partial charge in [-0.3, -0.25) is 14.9 Å². The summed E-state index contributed by atoms with van der Waals surface area (Å²) in [6.07, 6.45) is 6.21. The fraction of sp³-hybridized carbons (Fsp3) is 0.611. The maximum atomic E-state index is 12.5. The van der Waals surface area contributed by atoms with Crippen molar-refractivity contribution in [1.82, 2.24) is 24.6 Å². The molecule has 1 N–H and O–H groups in total. The third-order valence-corrected chi connectivity index (χ3v) is 5.17. The van der Waals surface area contributed by atoms with Crippen LogP contribution < -0.4 is 5.32 Å². The Morgan fingerprint density at radius 1 is 1.42 bits per heavy atom. The molecule has 0 radical (unpaired) electrons. The Hall–Kier alpha value is -2.35. The van der Waals surface area contributed by atoms with Gasteiger partial charge in [-0.2, -0.15) is 10.1 Å². The molecule has 1 aliphatic rings. The number of hydrogen-bond donors (Lipinski definition) is 1. The van der Waals surface area contributed by atoms with Crippen LogP contribution >= 0.6 is 0 Å². The van der Waals surface area contributed by atoms with Gasteiger partial charge in [0.1, 0.15) is 5.76 Å². The summed E-state index contributed by atoms with van der Waals surface area (Å²) in [5, 5.41) is 7.06. The SMILES string of the molecule is Cc1nc(NC(=O)N(C)C[C@@H]2CCCN(C)[C@H]2c2cnn(C)c2)oc1C. The second-order valence-electron chi connectivity index (χ2n) is 7.25. The number of aryl methyl sites for hydroxylation is 3. The molecule has 2 aromatic heterocycles. The lowest BCUT2D eigenvalue weighted by atomic mass is 9.86. The molecule has 0 aliphatic carbocycles. The number of amides is 2. The number of carbonyl (C=O) groups is 1. The molecule has 2 atom stereocenters. The van der Waals surface area contributed by atoms with E-state index in [1.165, 1.54) is 5.56 Å². The van der Waals surface area contributed by atoms with E-state index in [1.54, 1.807) is 4.90 Å². The third-order valence-electron chi connectivity index (χ3n) is 5.17. The minimum atomic E-state index is -0.204. The number of nitrogens with zero attached hydrogens (tertiary/aromatic N) is 5. The smallest absolute Gasteiger partial charge is 0.325 e. The molecule has 1 saturated heterocycles. The first-order chi connectivity index (χ1) is 12.3. The second-order valence-corrected chi connectivity index (χ2v) is 7.25. The van der Waals surface area contributed by atoms with E-state index in [4.69, 9.17) is 4.42 Å². The van der Waals surface area contributed by atoms with Crippen LogP contribution in [-0.4, -0.2) is 57.8 Å². The summed E-state index contributed by atoms with van der Waals surface area (Å²) in [5.74, 6) is 1.07. The molecule has 3 heterocycles. The first-order valence-electron chi connectivity index (χ1n) is 9.00. The average Bonchev–Trinajstić information content (AvgIpc) is 3.13. The molecule has 0 bridgehead atoms. The lowest BCUT2D eigenvalue weighted by molar-refractivity contribution is 0.101. The first kappa shape index (κ1) is 18.4. The van der Waals surface area contributed by atoms with Crippen molar-refractivity contribution >= 4 is 12.0 Å². The van der Waals surface area contributed by atoms with Crippen LogP contribution in [0.15, 0.2) is 16.8 Å². The number of rotatable bonds is 4. The predicted octanol–water partition coefficient (Wildman–Crippen LogP) is 2.57. The number of oxazole rings is 1. The summed E-state index contributed by atoms with van der Waals surface area (Å²) < 4.78 is 7.28. The molecule has 3 rings (SSSR count). The maximum absolute atomic E-state index is 12.5. The van der Waals surface area contributed by atoms with Crippen LogP contribution in [0.4, 0.5) is 10.8 Å². The van der Waals surface area contributed by atoms with Crippen LogP contribution in [0.2, 0.25) is 0 Å². The molecule has 8 heteroatoms. The van der Waals surface area contributed by atoms with Gasteiger partial charge in [-0.15, -0.1) is 0 Å². The lowest BCUT2D eigenvalue weighted by Gasteiger charge is -2.40. The van der Waals surface area contributed by atoms with Crippen molar-refractivity contribution in [2.75, 3.05) is 32.5 Å². The van der Waals surface area contributed by atoms with Crippen molar-refractivity contribution in [3.63, 3.8) is 0 Å². The molecule has 0 saturated carbocycles.